The quantitative estimate of drug-likeness (QED) is 0.856. The second-order valence-corrected chi connectivity index (χ2v) is 8.32. The monoisotopic (exact) mass is 340 g/mol. The maximum Gasteiger partial charge on any atom is 0.151 e. The van der Waals surface area contributed by atoms with Gasteiger partial charge in [-0.05, 0) is 25.6 Å². The third-order valence-corrected chi connectivity index (χ3v) is 5.94. The zero-order chi connectivity index (χ0) is 15.7. The number of rotatable bonds is 4. The van der Waals surface area contributed by atoms with E-state index in [-0.39, 0.29) is 17.5 Å². The van der Waals surface area contributed by atoms with Crippen LogP contribution in [0, 0.1) is 0 Å². The van der Waals surface area contributed by atoms with Crippen LogP contribution < -0.4 is 0 Å². The largest absolute Gasteiger partial charge is 0.359 e. The van der Waals surface area contributed by atoms with E-state index in [0.717, 1.165) is 17.0 Å². The lowest BCUT2D eigenvalue weighted by Crippen LogP contribution is -2.31. The third-order valence-electron chi connectivity index (χ3n) is 3.94. The predicted molar refractivity (Wildman–Crippen MR) is 85.5 cm³/mol. The van der Waals surface area contributed by atoms with E-state index in [4.69, 9.17) is 16.1 Å². The lowest BCUT2D eigenvalue weighted by molar-refractivity contribution is 0.222. The van der Waals surface area contributed by atoms with Crippen LogP contribution >= 0.6 is 11.6 Å². The van der Waals surface area contributed by atoms with Gasteiger partial charge in [-0.2, -0.15) is 0 Å². The van der Waals surface area contributed by atoms with Crippen LogP contribution in [0.4, 0.5) is 0 Å². The van der Waals surface area contributed by atoms with Crippen molar-refractivity contribution >= 4 is 21.4 Å². The number of sulfone groups is 1. The van der Waals surface area contributed by atoms with Crippen LogP contribution in [0.5, 0.6) is 0 Å². The molecule has 1 fully saturated rings. The van der Waals surface area contributed by atoms with Gasteiger partial charge in [-0.15, -0.1) is 0 Å². The Labute approximate surface area is 134 Å². The highest BCUT2D eigenvalue weighted by molar-refractivity contribution is 7.91. The van der Waals surface area contributed by atoms with Gasteiger partial charge in [-0.25, -0.2) is 8.42 Å². The standard InChI is InChI=1S/C15H17ClN2O3S/c1-18(13-6-7-22(19,20)10-13)9-14-8-15(17-21-14)11-2-4-12(16)5-3-11/h2-5,8,13H,6-7,9-10H2,1H3/t13-/m0/s1. The Bertz CT molecular complexity index is 755. The van der Waals surface area contributed by atoms with Gasteiger partial charge in [-0.3, -0.25) is 4.90 Å². The summed E-state index contributed by atoms with van der Waals surface area (Å²) in [6, 6.07) is 9.31. The number of aromatic nitrogens is 1. The molecule has 0 saturated carbocycles. The molecule has 1 aromatic carbocycles. The fraction of sp³-hybridized carbons (Fsp3) is 0.400. The molecule has 3 rings (SSSR count). The molecule has 22 heavy (non-hydrogen) atoms. The van der Waals surface area contributed by atoms with Crippen molar-refractivity contribution in [2.75, 3.05) is 18.6 Å². The molecule has 118 valence electrons. The first-order valence-electron chi connectivity index (χ1n) is 7.05. The first kappa shape index (κ1) is 15.5. The summed E-state index contributed by atoms with van der Waals surface area (Å²) in [6.07, 6.45) is 0.678. The van der Waals surface area contributed by atoms with E-state index < -0.39 is 9.84 Å². The van der Waals surface area contributed by atoms with Crippen molar-refractivity contribution in [3.63, 3.8) is 0 Å². The fourth-order valence-electron chi connectivity index (χ4n) is 2.64. The molecule has 1 aliphatic heterocycles. The fourth-order valence-corrected chi connectivity index (χ4v) is 4.57. The van der Waals surface area contributed by atoms with Crippen LogP contribution in [-0.4, -0.2) is 43.1 Å². The summed E-state index contributed by atoms with van der Waals surface area (Å²) < 4.78 is 28.4. The molecular formula is C15H17ClN2O3S. The van der Waals surface area contributed by atoms with Crippen molar-refractivity contribution in [1.82, 2.24) is 10.1 Å². The molecule has 1 aliphatic rings. The number of nitrogens with zero attached hydrogens (tertiary/aromatic N) is 2. The van der Waals surface area contributed by atoms with E-state index in [0.29, 0.717) is 18.0 Å². The minimum Gasteiger partial charge on any atom is -0.359 e. The molecule has 0 spiro atoms. The summed E-state index contributed by atoms with van der Waals surface area (Å²) in [6.45, 7) is 0.542. The zero-order valence-corrected chi connectivity index (χ0v) is 13.8. The molecule has 0 N–H and O–H groups in total. The van der Waals surface area contributed by atoms with Gasteiger partial charge in [0.25, 0.3) is 0 Å². The lowest BCUT2D eigenvalue weighted by atomic mass is 10.1. The molecule has 0 aliphatic carbocycles. The Morgan fingerprint density at radius 1 is 1.36 bits per heavy atom. The average Bonchev–Trinajstić information content (AvgIpc) is 3.06. The minimum atomic E-state index is -2.88. The average molecular weight is 341 g/mol. The maximum atomic E-state index is 11.5. The Hall–Kier alpha value is -1.37. The number of benzene rings is 1. The molecule has 0 radical (unpaired) electrons. The molecule has 7 heteroatoms. The van der Waals surface area contributed by atoms with Crippen molar-refractivity contribution < 1.29 is 12.9 Å². The molecule has 5 nitrogen and oxygen atoms in total. The van der Waals surface area contributed by atoms with E-state index in [9.17, 15) is 8.42 Å². The van der Waals surface area contributed by atoms with Crippen molar-refractivity contribution in [1.29, 1.82) is 0 Å². The Balaban J connectivity index is 1.68. The molecule has 0 unspecified atom stereocenters. The van der Waals surface area contributed by atoms with Crippen LogP contribution in [-0.2, 0) is 16.4 Å². The number of halogens is 1. The summed E-state index contributed by atoms with van der Waals surface area (Å²) >= 11 is 5.87. The summed E-state index contributed by atoms with van der Waals surface area (Å²) in [5, 5.41) is 4.74. The normalized spacial score (nSPS) is 20.6. The van der Waals surface area contributed by atoms with Gasteiger partial charge in [0.15, 0.2) is 15.6 Å². The van der Waals surface area contributed by atoms with Gasteiger partial charge in [0.05, 0.1) is 18.1 Å². The van der Waals surface area contributed by atoms with E-state index in [1.54, 1.807) is 12.1 Å². The van der Waals surface area contributed by atoms with E-state index in [2.05, 4.69) is 5.16 Å². The second-order valence-electron chi connectivity index (χ2n) is 5.66. The van der Waals surface area contributed by atoms with E-state index >= 15 is 0 Å². The van der Waals surface area contributed by atoms with Gasteiger partial charge in [-0.1, -0.05) is 28.9 Å². The van der Waals surface area contributed by atoms with Gasteiger partial charge >= 0.3 is 0 Å². The smallest absolute Gasteiger partial charge is 0.151 e. The first-order valence-corrected chi connectivity index (χ1v) is 9.25. The van der Waals surface area contributed by atoms with Crippen LogP contribution in [0.1, 0.15) is 12.2 Å². The molecule has 1 atom stereocenters. The highest BCUT2D eigenvalue weighted by Gasteiger charge is 2.30. The van der Waals surface area contributed by atoms with Gasteiger partial charge in [0.2, 0.25) is 0 Å². The summed E-state index contributed by atoms with van der Waals surface area (Å²) in [5.41, 5.74) is 1.68. The van der Waals surface area contributed by atoms with Crippen molar-refractivity contribution in [2.45, 2.75) is 19.0 Å². The minimum absolute atomic E-state index is 0.0501. The van der Waals surface area contributed by atoms with Crippen LogP contribution in [0.15, 0.2) is 34.9 Å². The summed E-state index contributed by atoms with van der Waals surface area (Å²) in [5.74, 6) is 1.22. The SMILES string of the molecule is CN(Cc1cc(-c2ccc(Cl)cc2)no1)[C@H]1CCS(=O)(=O)C1. The van der Waals surface area contributed by atoms with E-state index in [1.807, 2.05) is 30.1 Å². The Kier molecular flexibility index (Phi) is 4.25. The van der Waals surface area contributed by atoms with E-state index in [1.165, 1.54) is 0 Å². The topological polar surface area (TPSA) is 63.4 Å². The zero-order valence-electron chi connectivity index (χ0n) is 12.2. The van der Waals surface area contributed by atoms with Crippen molar-refractivity contribution in [3.05, 3.63) is 41.1 Å². The first-order chi connectivity index (χ1) is 10.4. The molecule has 2 aromatic rings. The van der Waals surface area contributed by atoms with Gasteiger partial charge in [0, 0.05) is 22.7 Å². The lowest BCUT2D eigenvalue weighted by Gasteiger charge is -2.21. The summed E-state index contributed by atoms with van der Waals surface area (Å²) in [4.78, 5) is 2.01. The van der Waals surface area contributed by atoms with Crippen LogP contribution in [0.3, 0.4) is 0 Å². The molecule has 1 saturated heterocycles. The second kappa shape index (κ2) is 6.02. The maximum absolute atomic E-state index is 11.5. The highest BCUT2D eigenvalue weighted by Crippen LogP contribution is 2.23. The molecule has 1 aromatic heterocycles. The highest BCUT2D eigenvalue weighted by atomic mass is 35.5. The van der Waals surface area contributed by atoms with Crippen molar-refractivity contribution in [2.24, 2.45) is 0 Å². The van der Waals surface area contributed by atoms with Crippen LogP contribution in [0.25, 0.3) is 11.3 Å². The molecular weight excluding hydrogens is 324 g/mol. The number of hydrogen-bond acceptors (Lipinski definition) is 5. The summed E-state index contributed by atoms with van der Waals surface area (Å²) in [7, 11) is -0.962. The van der Waals surface area contributed by atoms with Gasteiger partial charge < -0.3 is 4.52 Å². The Morgan fingerprint density at radius 3 is 2.73 bits per heavy atom. The Morgan fingerprint density at radius 2 is 2.09 bits per heavy atom. The van der Waals surface area contributed by atoms with Crippen LogP contribution in [0.2, 0.25) is 5.02 Å². The number of hydrogen-bond donors (Lipinski definition) is 0. The van der Waals surface area contributed by atoms with Crippen molar-refractivity contribution in [3.8, 4) is 11.3 Å². The molecule has 2 heterocycles. The molecule has 0 bridgehead atoms. The molecule has 0 amide bonds. The third kappa shape index (κ3) is 3.51. The predicted octanol–water partition coefficient (Wildman–Crippen LogP) is 2.61. The van der Waals surface area contributed by atoms with Gasteiger partial charge in [0.1, 0.15) is 5.69 Å².